The number of oxazole rings is 1. The Morgan fingerprint density at radius 1 is 1.07 bits per heavy atom. The molecule has 3 aromatic heterocycles. The van der Waals surface area contributed by atoms with E-state index in [0.29, 0.717) is 28.8 Å². The zero-order valence-corrected chi connectivity index (χ0v) is 22.4. The highest BCUT2D eigenvalue weighted by atomic mass is 16.5. The lowest BCUT2D eigenvalue weighted by Gasteiger charge is -2.07. The lowest BCUT2D eigenvalue weighted by molar-refractivity contribution is 0.0599. The van der Waals surface area contributed by atoms with Crippen LogP contribution in [0.2, 0.25) is 0 Å². The number of ether oxygens (including phenoxy) is 1. The molecule has 0 spiro atoms. The zero-order valence-electron chi connectivity index (χ0n) is 22.4. The molecule has 5 aromatic rings. The lowest BCUT2D eigenvalue weighted by Crippen LogP contribution is -2.25. The number of carbonyl (C=O) groups is 4. The number of benzene rings is 2. The number of esters is 1. The maximum atomic E-state index is 12.6. The third-order valence-corrected chi connectivity index (χ3v) is 6.11. The maximum Gasteiger partial charge on any atom is 0.419 e. The summed E-state index contributed by atoms with van der Waals surface area (Å²) in [5, 5.41) is 15.8. The molecule has 6 N–H and O–H groups in total. The molecule has 43 heavy (non-hydrogen) atoms. The molecule has 3 heterocycles. The maximum absolute atomic E-state index is 12.6. The van der Waals surface area contributed by atoms with Crippen molar-refractivity contribution >= 4 is 40.5 Å². The van der Waals surface area contributed by atoms with Crippen molar-refractivity contribution in [2.45, 2.75) is 20.5 Å². The Balaban J connectivity index is 0.000000329. The van der Waals surface area contributed by atoms with Gasteiger partial charge in [-0.05, 0) is 35.4 Å². The van der Waals surface area contributed by atoms with Crippen LogP contribution in [0.5, 0.6) is 0 Å². The molecular weight excluding hydrogens is 562 g/mol. The molecule has 0 unspecified atom stereocenters. The first-order chi connectivity index (χ1) is 20.0. The molecule has 0 radical (unpaired) electrons. The van der Waals surface area contributed by atoms with Crippen molar-refractivity contribution in [3.8, 4) is 0 Å². The van der Waals surface area contributed by atoms with Gasteiger partial charge in [0, 0.05) is 26.2 Å². The predicted molar refractivity (Wildman–Crippen MR) is 153 cm³/mol. The second kappa shape index (κ2) is 13.2. The Labute approximate surface area is 243 Å². The number of hydrogen-bond acceptors (Lipinski definition) is 10. The van der Waals surface area contributed by atoms with E-state index in [9.17, 15) is 29.1 Å². The first kappa shape index (κ1) is 31.7. The highest BCUT2D eigenvalue weighted by molar-refractivity contribution is 6.01. The van der Waals surface area contributed by atoms with Crippen LogP contribution >= 0.6 is 0 Å². The van der Waals surface area contributed by atoms with E-state index in [0.717, 1.165) is 22.3 Å². The van der Waals surface area contributed by atoms with Gasteiger partial charge < -0.3 is 31.0 Å². The molecule has 0 aliphatic carbocycles. The highest BCUT2D eigenvalue weighted by Gasteiger charge is 2.21. The summed E-state index contributed by atoms with van der Waals surface area (Å²) in [7, 11) is 2.92. The van der Waals surface area contributed by atoms with Crippen LogP contribution in [0.3, 0.4) is 0 Å². The number of aromatic carboxylic acids is 1. The number of carboxylic acids is 1. The molecule has 2 amide bonds. The fraction of sp³-hybridized carbons (Fsp3) is 0.179. The SMILES string of the molecule is C.COC(=O)c1ccc(CN)cc1.Cn1c(=O)oc2ccc(CNC(=O)c3cc(C(=O)O)n4ncc(C(N)=O)c4n3)cc21. The number of aromatic nitrogens is 4. The van der Waals surface area contributed by atoms with Gasteiger partial charge in [-0.15, -0.1) is 0 Å². The Hall–Kier alpha value is -5.83. The quantitative estimate of drug-likeness (QED) is 0.198. The number of amides is 2. The monoisotopic (exact) mass is 591 g/mol. The second-order valence-corrected chi connectivity index (χ2v) is 8.79. The van der Waals surface area contributed by atoms with Gasteiger partial charge in [0.1, 0.15) is 11.3 Å². The molecule has 0 saturated heterocycles. The van der Waals surface area contributed by atoms with Crippen molar-refractivity contribution in [2.75, 3.05) is 7.11 Å². The number of nitrogens with zero attached hydrogens (tertiary/aromatic N) is 4. The average molecular weight is 592 g/mol. The minimum Gasteiger partial charge on any atom is -0.477 e. The standard InChI is InChI=1S/C18H14N6O6.C9H11NO2.CH4/c1-23-11-4-8(2-3-13(11)30-18(23)29)6-20-16(26)10-5-12(17(27)28)24-15(22-10)9(7-21-24)14(19)25;1-12-9(11)8-4-2-7(6-10)3-5-8;/h2-5,7H,6H2,1H3,(H2,19,25)(H,20,26)(H,27,28);2-5H,6,10H2,1H3;1H4. The van der Waals surface area contributed by atoms with Gasteiger partial charge in [-0.1, -0.05) is 25.6 Å². The molecule has 5 rings (SSSR count). The van der Waals surface area contributed by atoms with Crippen LogP contribution in [-0.4, -0.2) is 55.1 Å². The van der Waals surface area contributed by atoms with Gasteiger partial charge in [0.05, 0.1) is 24.4 Å². The van der Waals surface area contributed by atoms with E-state index >= 15 is 0 Å². The van der Waals surface area contributed by atoms with Crippen LogP contribution < -0.4 is 22.5 Å². The molecule has 2 aromatic carbocycles. The summed E-state index contributed by atoms with van der Waals surface area (Å²) in [6.07, 6.45) is 1.09. The van der Waals surface area contributed by atoms with Gasteiger partial charge in [-0.2, -0.15) is 5.10 Å². The molecular formula is C28H29N7O8. The van der Waals surface area contributed by atoms with Gasteiger partial charge in [-0.3, -0.25) is 14.2 Å². The largest absolute Gasteiger partial charge is 0.477 e. The number of nitrogens with two attached hydrogens (primary N) is 2. The molecule has 0 aliphatic rings. The van der Waals surface area contributed by atoms with Gasteiger partial charge in [0.15, 0.2) is 16.9 Å². The summed E-state index contributed by atoms with van der Waals surface area (Å²) >= 11 is 0. The molecule has 0 fully saturated rings. The minimum atomic E-state index is -1.36. The minimum absolute atomic E-state index is 0. The Morgan fingerprint density at radius 2 is 1.74 bits per heavy atom. The van der Waals surface area contributed by atoms with Crippen molar-refractivity contribution in [1.29, 1.82) is 0 Å². The Morgan fingerprint density at radius 3 is 2.35 bits per heavy atom. The number of carboxylic acid groups (broad SMARTS) is 1. The topological polar surface area (TPSA) is 227 Å². The van der Waals surface area contributed by atoms with Crippen LogP contribution in [0.4, 0.5) is 0 Å². The summed E-state index contributed by atoms with van der Waals surface area (Å²) in [5.74, 6) is -3.71. The van der Waals surface area contributed by atoms with E-state index in [2.05, 4.69) is 20.1 Å². The second-order valence-electron chi connectivity index (χ2n) is 8.79. The van der Waals surface area contributed by atoms with E-state index in [1.54, 1.807) is 37.4 Å². The van der Waals surface area contributed by atoms with Crippen LogP contribution in [0.1, 0.15) is 60.2 Å². The molecule has 0 atom stereocenters. The number of rotatable bonds is 7. The summed E-state index contributed by atoms with van der Waals surface area (Å²) in [5.41, 5.74) is 13.0. The van der Waals surface area contributed by atoms with Crippen molar-refractivity contribution in [3.63, 3.8) is 0 Å². The molecule has 0 bridgehead atoms. The molecule has 0 aliphatic heterocycles. The molecule has 15 heteroatoms. The van der Waals surface area contributed by atoms with Crippen LogP contribution in [0.25, 0.3) is 16.7 Å². The Kier molecular flexibility index (Phi) is 9.75. The van der Waals surface area contributed by atoms with Crippen LogP contribution in [0, 0.1) is 0 Å². The van der Waals surface area contributed by atoms with Crippen molar-refractivity contribution in [1.82, 2.24) is 24.5 Å². The van der Waals surface area contributed by atoms with Crippen molar-refractivity contribution in [3.05, 3.63) is 98.9 Å². The van der Waals surface area contributed by atoms with Crippen LogP contribution in [0.15, 0.2) is 63.9 Å². The van der Waals surface area contributed by atoms with Gasteiger partial charge in [0.2, 0.25) is 0 Å². The molecule has 15 nitrogen and oxygen atoms in total. The average Bonchev–Trinajstić information content (AvgIpc) is 3.55. The predicted octanol–water partition coefficient (Wildman–Crippen LogP) is 1.47. The smallest absolute Gasteiger partial charge is 0.419 e. The van der Waals surface area contributed by atoms with Crippen molar-refractivity contribution in [2.24, 2.45) is 18.5 Å². The summed E-state index contributed by atoms with van der Waals surface area (Å²) < 4.78 is 11.9. The van der Waals surface area contributed by atoms with E-state index < -0.39 is 23.5 Å². The highest BCUT2D eigenvalue weighted by Crippen LogP contribution is 2.15. The lowest BCUT2D eigenvalue weighted by atomic mass is 10.1. The molecule has 224 valence electrons. The van der Waals surface area contributed by atoms with Crippen molar-refractivity contribution < 1.29 is 33.4 Å². The van der Waals surface area contributed by atoms with E-state index in [-0.39, 0.29) is 42.5 Å². The summed E-state index contributed by atoms with van der Waals surface area (Å²) in [6, 6.07) is 13.0. The third kappa shape index (κ3) is 6.74. The number of fused-ring (bicyclic) bond motifs is 2. The van der Waals surface area contributed by atoms with Gasteiger partial charge in [-0.25, -0.2) is 23.9 Å². The fourth-order valence-corrected chi connectivity index (χ4v) is 3.86. The van der Waals surface area contributed by atoms with E-state index in [1.807, 2.05) is 12.1 Å². The summed E-state index contributed by atoms with van der Waals surface area (Å²) in [4.78, 5) is 62.2. The number of hydrogen-bond donors (Lipinski definition) is 4. The Bertz CT molecular complexity index is 1890. The number of carbonyl (C=O) groups excluding carboxylic acids is 3. The third-order valence-electron chi connectivity index (χ3n) is 6.11. The van der Waals surface area contributed by atoms with Crippen LogP contribution in [-0.2, 0) is 24.9 Å². The summed E-state index contributed by atoms with van der Waals surface area (Å²) in [6.45, 7) is 0.562. The fourth-order valence-electron chi connectivity index (χ4n) is 3.86. The first-order valence-electron chi connectivity index (χ1n) is 12.2. The van der Waals surface area contributed by atoms with Gasteiger partial charge >= 0.3 is 17.7 Å². The number of nitrogens with one attached hydrogen (secondary N) is 1. The number of primary amides is 1. The number of aryl methyl sites for hydroxylation is 1. The normalized spacial score (nSPS) is 10.4. The zero-order chi connectivity index (χ0) is 30.6. The van der Waals surface area contributed by atoms with Gasteiger partial charge in [0.25, 0.3) is 11.8 Å². The molecule has 0 saturated carbocycles. The van der Waals surface area contributed by atoms with E-state index in [1.165, 1.54) is 11.7 Å². The number of methoxy groups -OCH3 is 1. The van der Waals surface area contributed by atoms with E-state index in [4.69, 9.17) is 15.9 Å². The first-order valence-corrected chi connectivity index (χ1v) is 12.2.